The molecule has 0 saturated carbocycles. The Morgan fingerprint density at radius 3 is 3.14 bits per heavy atom. The van der Waals surface area contributed by atoms with Gasteiger partial charge in [0.25, 0.3) is 5.91 Å². The summed E-state index contributed by atoms with van der Waals surface area (Å²) in [6.07, 6.45) is 9.18. The van der Waals surface area contributed by atoms with E-state index in [2.05, 4.69) is 27.2 Å². The van der Waals surface area contributed by atoms with Crippen LogP contribution in [-0.2, 0) is 11.2 Å². The fourth-order valence-corrected chi connectivity index (χ4v) is 5.86. The third-order valence-electron chi connectivity index (χ3n) is 6.90. The van der Waals surface area contributed by atoms with Gasteiger partial charge < -0.3 is 24.8 Å². The van der Waals surface area contributed by atoms with Gasteiger partial charge in [-0.2, -0.15) is 0 Å². The molecule has 2 aliphatic heterocycles. The summed E-state index contributed by atoms with van der Waals surface area (Å²) < 4.78 is 9.33. The smallest absolute Gasteiger partial charge is 0.255 e. The van der Waals surface area contributed by atoms with Crippen LogP contribution in [0, 0.1) is 0 Å². The molecule has 188 valence electrons. The van der Waals surface area contributed by atoms with Crippen molar-refractivity contribution in [3.8, 4) is 11.4 Å². The summed E-state index contributed by atoms with van der Waals surface area (Å²) in [5, 5.41) is 6.42. The van der Waals surface area contributed by atoms with E-state index in [-0.39, 0.29) is 17.9 Å². The average molecular weight is 515 g/mol. The van der Waals surface area contributed by atoms with Gasteiger partial charge >= 0.3 is 0 Å². The Bertz CT molecular complexity index is 1510. The van der Waals surface area contributed by atoms with Crippen LogP contribution >= 0.6 is 11.3 Å². The third kappa shape index (κ3) is 4.23. The van der Waals surface area contributed by atoms with E-state index in [1.54, 1.807) is 23.7 Å². The molecular weight excluding hydrogens is 488 g/mol. The lowest BCUT2D eigenvalue weighted by atomic mass is 10.1. The molecule has 6 rings (SSSR count). The van der Waals surface area contributed by atoms with E-state index >= 15 is 0 Å². The minimum Gasteiger partial charge on any atom is -0.488 e. The summed E-state index contributed by atoms with van der Waals surface area (Å²) in [5.41, 5.74) is 6.54. The number of nitrogens with one attached hydrogen (secondary N) is 2. The van der Waals surface area contributed by atoms with Gasteiger partial charge in [0.15, 0.2) is 5.75 Å². The summed E-state index contributed by atoms with van der Waals surface area (Å²) in [6, 6.07) is 7.84. The summed E-state index contributed by atoms with van der Waals surface area (Å²) >= 11 is 1.58. The fraction of sp³-hybridized carbons (Fsp3) is 0.259. The fourth-order valence-electron chi connectivity index (χ4n) is 5.16. The number of thiazole rings is 1. The summed E-state index contributed by atoms with van der Waals surface area (Å²) in [6.45, 7) is 5.24. The molecule has 2 N–H and O–H groups in total. The predicted octanol–water partition coefficient (Wildman–Crippen LogP) is 4.07. The van der Waals surface area contributed by atoms with E-state index in [9.17, 15) is 9.59 Å². The highest BCUT2D eigenvalue weighted by Gasteiger charge is 2.30. The number of anilines is 2. The van der Waals surface area contributed by atoms with Crippen LogP contribution in [-0.4, -0.2) is 57.0 Å². The summed E-state index contributed by atoms with van der Waals surface area (Å²) in [5.74, 6) is 0.403. The number of nitrogens with zero attached hydrogens (tertiary/aromatic N) is 4. The molecule has 0 bridgehead atoms. The number of rotatable bonds is 7. The maximum absolute atomic E-state index is 13.0. The Morgan fingerprint density at radius 1 is 1.32 bits per heavy atom. The van der Waals surface area contributed by atoms with E-state index in [1.165, 1.54) is 6.08 Å². The first-order chi connectivity index (χ1) is 18.1. The summed E-state index contributed by atoms with van der Waals surface area (Å²) in [7, 11) is 0. The van der Waals surface area contributed by atoms with Crippen molar-refractivity contribution in [2.24, 2.45) is 0 Å². The van der Waals surface area contributed by atoms with Gasteiger partial charge in [0.05, 0.1) is 45.1 Å². The molecule has 0 aliphatic carbocycles. The van der Waals surface area contributed by atoms with Crippen LogP contribution in [0.25, 0.3) is 15.9 Å². The van der Waals surface area contributed by atoms with Gasteiger partial charge in [-0.1, -0.05) is 12.6 Å². The maximum Gasteiger partial charge on any atom is 0.255 e. The number of amides is 2. The van der Waals surface area contributed by atoms with Gasteiger partial charge in [0.1, 0.15) is 12.1 Å². The zero-order chi connectivity index (χ0) is 25.4. The van der Waals surface area contributed by atoms with Crippen molar-refractivity contribution in [2.75, 3.05) is 25.0 Å². The molecule has 37 heavy (non-hydrogen) atoms. The second-order valence-corrected chi connectivity index (χ2v) is 9.94. The van der Waals surface area contributed by atoms with Crippen LogP contribution in [0.5, 0.6) is 5.75 Å². The minimum absolute atomic E-state index is 0.0151. The molecule has 2 aliphatic rings. The first-order valence-corrected chi connectivity index (χ1v) is 13.1. The van der Waals surface area contributed by atoms with Gasteiger partial charge in [-0.3, -0.25) is 14.6 Å². The molecule has 2 amide bonds. The zero-order valence-electron chi connectivity index (χ0n) is 20.1. The Hall–Kier alpha value is -4.18. The van der Waals surface area contributed by atoms with Crippen LogP contribution in [0.2, 0.25) is 0 Å². The van der Waals surface area contributed by atoms with Crippen LogP contribution < -0.4 is 15.4 Å². The Morgan fingerprint density at radius 2 is 2.24 bits per heavy atom. The van der Waals surface area contributed by atoms with Gasteiger partial charge in [-0.05, 0) is 37.1 Å². The molecule has 1 atom stereocenters. The minimum atomic E-state index is -0.117. The van der Waals surface area contributed by atoms with E-state index in [4.69, 9.17) is 4.74 Å². The van der Waals surface area contributed by atoms with Crippen molar-refractivity contribution in [2.45, 2.75) is 25.3 Å². The molecule has 1 unspecified atom stereocenters. The lowest BCUT2D eigenvalue weighted by Crippen LogP contribution is -2.38. The lowest BCUT2D eigenvalue weighted by Gasteiger charge is -2.24. The van der Waals surface area contributed by atoms with Crippen LogP contribution in [0.1, 0.15) is 28.9 Å². The highest BCUT2D eigenvalue weighted by atomic mass is 32.1. The quantitative estimate of drug-likeness (QED) is 0.361. The molecule has 1 aromatic carbocycles. The van der Waals surface area contributed by atoms with Gasteiger partial charge in [0.2, 0.25) is 5.91 Å². The first kappa shape index (κ1) is 23.2. The van der Waals surface area contributed by atoms with E-state index in [0.717, 1.165) is 40.1 Å². The number of carbonyl (C=O) groups is 2. The largest absolute Gasteiger partial charge is 0.488 e. The van der Waals surface area contributed by atoms with Crippen molar-refractivity contribution in [3.63, 3.8) is 0 Å². The normalized spacial score (nSPS) is 16.9. The van der Waals surface area contributed by atoms with E-state index < -0.39 is 0 Å². The van der Waals surface area contributed by atoms with Crippen molar-refractivity contribution >= 4 is 44.7 Å². The number of hydrogen-bond donors (Lipinski definition) is 2. The molecule has 3 aromatic heterocycles. The monoisotopic (exact) mass is 514 g/mol. The van der Waals surface area contributed by atoms with E-state index in [0.29, 0.717) is 43.1 Å². The second kappa shape index (κ2) is 9.70. The molecule has 9 nitrogen and oxygen atoms in total. The van der Waals surface area contributed by atoms with Gasteiger partial charge in [-0.25, -0.2) is 4.98 Å². The van der Waals surface area contributed by atoms with Gasteiger partial charge in [0, 0.05) is 37.6 Å². The average Bonchev–Trinajstić information content (AvgIpc) is 3.67. The predicted molar refractivity (Wildman–Crippen MR) is 143 cm³/mol. The molecule has 4 aromatic rings. The van der Waals surface area contributed by atoms with Gasteiger partial charge in [-0.15, -0.1) is 11.3 Å². The number of benzene rings is 1. The van der Waals surface area contributed by atoms with Crippen LogP contribution in [0.4, 0.5) is 11.4 Å². The number of ether oxygens (including phenoxy) is 1. The first-order valence-electron chi connectivity index (χ1n) is 12.3. The van der Waals surface area contributed by atoms with Crippen LogP contribution in [0.3, 0.4) is 0 Å². The maximum atomic E-state index is 13.0. The van der Waals surface area contributed by atoms with Crippen molar-refractivity contribution < 1.29 is 14.3 Å². The third-order valence-corrected chi connectivity index (χ3v) is 7.69. The van der Waals surface area contributed by atoms with Crippen molar-refractivity contribution in [3.05, 3.63) is 72.3 Å². The standard InChI is InChI=1S/C27H26N6O3S/c1-2-24(34)32-12-4-5-17(32)15-36-22-13-28-10-8-20(22)33-14-19(25-21(33)9-11-29-27(25)35)31-18-6-3-7-23-26(18)30-16-37-23/h2-3,6-8,10,13-14,16-17,31H,1,4-5,9,11-12,15H2,(H,29,35). The molecule has 0 radical (unpaired) electrons. The number of carbonyl (C=O) groups excluding carboxylic acids is 2. The van der Waals surface area contributed by atoms with Crippen LogP contribution in [0.15, 0.2) is 61.0 Å². The summed E-state index contributed by atoms with van der Waals surface area (Å²) in [4.78, 5) is 35.8. The number of hydrogen-bond acceptors (Lipinski definition) is 7. The molecule has 1 fully saturated rings. The molecule has 10 heteroatoms. The highest BCUT2D eigenvalue weighted by molar-refractivity contribution is 7.16. The van der Waals surface area contributed by atoms with E-state index in [1.807, 2.05) is 45.4 Å². The molecule has 5 heterocycles. The Balaban J connectivity index is 1.35. The molecule has 1 saturated heterocycles. The number of likely N-dealkylation sites (tertiary alicyclic amines) is 1. The molecular formula is C27H26N6O3S. The molecule has 0 spiro atoms. The number of fused-ring (bicyclic) bond motifs is 2. The zero-order valence-corrected chi connectivity index (χ0v) is 21.0. The Labute approximate surface area is 217 Å². The SMILES string of the molecule is C=CC(=O)N1CCCC1COc1cnccc1-n1cc(Nc2cccc3scnc23)c2c1CCNC2=O. The lowest BCUT2D eigenvalue weighted by molar-refractivity contribution is -0.127. The highest BCUT2D eigenvalue weighted by Crippen LogP contribution is 2.35. The number of pyridine rings is 1. The topological polar surface area (TPSA) is 101 Å². The van der Waals surface area contributed by atoms with Crippen molar-refractivity contribution in [1.29, 1.82) is 0 Å². The number of aromatic nitrogens is 3. The second-order valence-electron chi connectivity index (χ2n) is 9.06. The number of para-hydroxylation sites is 1. The Kier molecular flexibility index (Phi) is 6.09. The van der Waals surface area contributed by atoms with Crippen molar-refractivity contribution in [1.82, 2.24) is 24.8 Å².